The summed E-state index contributed by atoms with van der Waals surface area (Å²) in [5.41, 5.74) is -0.470. The van der Waals surface area contributed by atoms with Crippen LogP contribution in [0.5, 0.6) is 0 Å². The van der Waals surface area contributed by atoms with Crippen molar-refractivity contribution in [3.63, 3.8) is 0 Å². The Morgan fingerprint density at radius 1 is 1.08 bits per heavy atom. The number of carbonyl (C=O) groups excluding carboxylic acids is 2. The zero-order valence-electron chi connectivity index (χ0n) is 15.6. The highest BCUT2D eigenvalue weighted by atomic mass is 16.6. The van der Waals surface area contributed by atoms with Crippen molar-refractivity contribution in [2.24, 2.45) is 5.92 Å². The number of amides is 2. The maximum Gasteiger partial charge on any atom is 0.410 e. The summed E-state index contributed by atoms with van der Waals surface area (Å²) in [5, 5.41) is 0. The number of fused-ring (bicyclic) bond motifs is 2. The first kappa shape index (κ1) is 17.6. The molecular weight excluding hydrogens is 304 g/mol. The minimum absolute atomic E-state index is 0.181. The highest BCUT2D eigenvalue weighted by Crippen LogP contribution is 2.39. The van der Waals surface area contributed by atoms with Crippen LogP contribution in [0.4, 0.5) is 4.79 Å². The summed E-state index contributed by atoms with van der Waals surface area (Å²) in [6.07, 6.45) is 8.06. The average molecular weight is 336 g/mol. The Labute approximate surface area is 145 Å². The lowest BCUT2D eigenvalue weighted by atomic mass is 9.81. The highest BCUT2D eigenvalue weighted by Gasteiger charge is 2.43. The molecule has 2 aliphatic heterocycles. The molecule has 0 N–H and O–H groups in total. The minimum atomic E-state index is -0.470. The van der Waals surface area contributed by atoms with Gasteiger partial charge in [-0.15, -0.1) is 0 Å². The Hall–Kier alpha value is -1.26. The Kier molecular flexibility index (Phi) is 4.80. The highest BCUT2D eigenvalue weighted by molar-refractivity contribution is 5.78. The molecule has 5 nitrogen and oxygen atoms in total. The Balaban J connectivity index is 1.63. The van der Waals surface area contributed by atoms with Crippen molar-refractivity contribution in [1.82, 2.24) is 9.80 Å². The lowest BCUT2D eigenvalue weighted by molar-refractivity contribution is -0.142. The van der Waals surface area contributed by atoms with Crippen LogP contribution in [0.1, 0.15) is 72.1 Å². The first-order valence-electron chi connectivity index (χ1n) is 9.51. The molecule has 2 amide bonds. The topological polar surface area (TPSA) is 49.9 Å². The van der Waals surface area contributed by atoms with Gasteiger partial charge in [-0.1, -0.05) is 0 Å². The number of rotatable bonds is 3. The molecule has 2 bridgehead atoms. The van der Waals surface area contributed by atoms with Crippen molar-refractivity contribution in [2.75, 3.05) is 7.05 Å². The Morgan fingerprint density at radius 2 is 1.67 bits per heavy atom. The fourth-order valence-corrected chi connectivity index (χ4v) is 4.23. The Bertz CT molecular complexity index is 481. The van der Waals surface area contributed by atoms with Gasteiger partial charge in [-0.2, -0.15) is 0 Å². The van der Waals surface area contributed by atoms with Crippen LogP contribution in [0.3, 0.4) is 0 Å². The van der Waals surface area contributed by atoms with E-state index in [0.717, 1.165) is 32.1 Å². The minimum Gasteiger partial charge on any atom is -0.444 e. The zero-order chi connectivity index (χ0) is 17.5. The predicted molar refractivity (Wildman–Crippen MR) is 92.6 cm³/mol. The summed E-state index contributed by atoms with van der Waals surface area (Å²) >= 11 is 0. The largest absolute Gasteiger partial charge is 0.444 e. The van der Waals surface area contributed by atoms with Gasteiger partial charge in [-0.05, 0) is 71.6 Å². The van der Waals surface area contributed by atoms with E-state index in [1.165, 1.54) is 19.3 Å². The Morgan fingerprint density at radius 3 is 2.17 bits per heavy atom. The van der Waals surface area contributed by atoms with E-state index in [9.17, 15) is 9.59 Å². The lowest BCUT2D eigenvalue weighted by Gasteiger charge is -2.50. The summed E-state index contributed by atoms with van der Waals surface area (Å²) in [4.78, 5) is 29.0. The SMILES string of the molecule is CN(C(=O)OC(C)(C)C)C1C[C@H]2CCC[C@H](C1)N2C(=O)CC1CC1. The molecule has 24 heavy (non-hydrogen) atoms. The summed E-state index contributed by atoms with van der Waals surface area (Å²) in [6.45, 7) is 5.69. The van der Waals surface area contributed by atoms with E-state index in [0.29, 0.717) is 23.9 Å². The second-order valence-electron chi connectivity index (χ2n) is 8.90. The van der Waals surface area contributed by atoms with Crippen molar-refractivity contribution >= 4 is 12.0 Å². The van der Waals surface area contributed by atoms with Crippen molar-refractivity contribution in [2.45, 2.75) is 95.9 Å². The molecule has 0 aromatic rings. The number of ether oxygens (including phenoxy) is 1. The van der Waals surface area contributed by atoms with Gasteiger partial charge in [-0.3, -0.25) is 4.79 Å². The second kappa shape index (κ2) is 6.57. The average Bonchev–Trinajstić information content (AvgIpc) is 3.27. The monoisotopic (exact) mass is 336 g/mol. The first-order valence-corrected chi connectivity index (χ1v) is 9.51. The fraction of sp³-hybridized carbons (Fsp3) is 0.895. The van der Waals surface area contributed by atoms with Gasteiger partial charge < -0.3 is 14.5 Å². The molecule has 0 unspecified atom stereocenters. The van der Waals surface area contributed by atoms with Crippen LogP contribution < -0.4 is 0 Å². The molecule has 0 spiro atoms. The molecule has 2 saturated heterocycles. The van der Waals surface area contributed by atoms with E-state index in [1.807, 2.05) is 27.8 Å². The summed E-state index contributed by atoms with van der Waals surface area (Å²) in [5.74, 6) is 0.992. The second-order valence-corrected chi connectivity index (χ2v) is 8.90. The van der Waals surface area contributed by atoms with Crippen LogP contribution in [-0.4, -0.2) is 52.6 Å². The summed E-state index contributed by atoms with van der Waals surface area (Å²) in [7, 11) is 1.84. The van der Waals surface area contributed by atoms with Crippen LogP contribution in [0.2, 0.25) is 0 Å². The van der Waals surface area contributed by atoms with E-state index in [-0.39, 0.29) is 12.1 Å². The van der Waals surface area contributed by atoms with Crippen molar-refractivity contribution in [3.8, 4) is 0 Å². The van der Waals surface area contributed by atoms with Crippen LogP contribution >= 0.6 is 0 Å². The summed E-state index contributed by atoms with van der Waals surface area (Å²) in [6, 6.07) is 0.789. The number of nitrogens with zero attached hydrogens (tertiary/aromatic N) is 2. The predicted octanol–water partition coefficient (Wildman–Crippen LogP) is 3.57. The van der Waals surface area contributed by atoms with Gasteiger partial charge in [0.2, 0.25) is 5.91 Å². The molecular formula is C19H32N2O3. The van der Waals surface area contributed by atoms with Gasteiger partial charge in [-0.25, -0.2) is 4.79 Å². The van der Waals surface area contributed by atoms with Crippen molar-refractivity contribution in [3.05, 3.63) is 0 Å². The molecule has 2 heterocycles. The van der Waals surface area contributed by atoms with Crippen LogP contribution in [0.15, 0.2) is 0 Å². The van der Waals surface area contributed by atoms with E-state index >= 15 is 0 Å². The van der Waals surface area contributed by atoms with Gasteiger partial charge in [0.25, 0.3) is 0 Å². The van der Waals surface area contributed by atoms with Gasteiger partial charge in [0.05, 0.1) is 0 Å². The molecule has 3 fully saturated rings. The van der Waals surface area contributed by atoms with Crippen LogP contribution in [0.25, 0.3) is 0 Å². The standard InChI is InChI=1S/C19H32N2O3/c1-19(2,3)24-18(23)20(4)16-11-14-6-5-7-15(12-16)21(14)17(22)10-13-8-9-13/h13-16H,5-12H2,1-4H3/t14-,15-/m1/s1. The number of hydrogen-bond donors (Lipinski definition) is 0. The van der Waals surface area contributed by atoms with E-state index in [1.54, 1.807) is 4.90 Å². The third-order valence-electron chi connectivity index (χ3n) is 5.63. The molecule has 3 rings (SSSR count). The molecule has 0 aromatic carbocycles. The maximum atomic E-state index is 12.7. The maximum absolute atomic E-state index is 12.7. The third-order valence-corrected chi connectivity index (χ3v) is 5.63. The molecule has 2 atom stereocenters. The normalized spacial score (nSPS) is 30.0. The van der Waals surface area contributed by atoms with Gasteiger partial charge >= 0.3 is 6.09 Å². The lowest BCUT2D eigenvalue weighted by Crippen LogP contribution is -2.59. The molecule has 0 radical (unpaired) electrons. The molecule has 5 heteroatoms. The van der Waals surface area contributed by atoms with Crippen molar-refractivity contribution < 1.29 is 14.3 Å². The molecule has 1 aliphatic carbocycles. The fourth-order valence-electron chi connectivity index (χ4n) is 4.23. The summed E-state index contributed by atoms with van der Waals surface area (Å²) < 4.78 is 5.52. The molecule has 1 saturated carbocycles. The van der Waals surface area contributed by atoms with E-state index in [4.69, 9.17) is 4.74 Å². The van der Waals surface area contributed by atoms with Gasteiger partial charge in [0, 0.05) is 31.6 Å². The smallest absolute Gasteiger partial charge is 0.410 e. The molecule has 0 aromatic heterocycles. The number of piperidine rings is 2. The van der Waals surface area contributed by atoms with Gasteiger partial charge in [0.15, 0.2) is 0 Å². The first-order chi connectivity index (χ1) is 11.2. The van der Waals surface area contributed by atoms with Crippen LogP contribution in [0, 0.1) is 5.92 Å². The van der Waals surface area contributed by atoms with Gasteiger partial charge in [0.1, 0.15) is 5.60 Å². The zero-order valence-corrected chi connectivity index (χ0v) is 15.6. The third kappa shape index (κ3) is 4.04. The molecule has 3 aliphatic rings. The van der Waals surface area contributed by atoms with Crippen LogP contribution in [-0.2, 0) is 9.53 Å². The number of carbonyl (C=O) groups is 2. The van der Waals surface area contributed by atoms with E-state index < -0.39 is 5.60 Å². The quantitative estimate of drug-likeness (QED) is 0.792. The van der Waals surface area contributed by atoms with Crippen molar-refractivity contribution in [1.29, 1.82) is 0 Å². The number of hydrogen-bond acceptors (Lipinski definition) is 3. The molecule has 136 valence electrons. The van der Waals surface area contributed by atoms with E-state index in [2.05, 4.69) is 4.90 Å².